The van der Waals surface area contributed by atoms with Gasteiger partial charge in [0.05, 0.1) is 6.26 Å². The predicted octanol–water partition coefficient (Wildman–Crippen LogP) is 1.24. The van der Waals surface area contributed by atoms with Crippen LogP contribution in [0.3, 0.4) is 0 Å². The number of aryl methyl sites for hydroxylation is 1. The van der Waals surface area contributed by atoms with Crippen LogP contribution >= 0.6 is 0 Å². The third kappa shape index (κ3) is 1.54. The van der Waals surface area contributed by atoms with Crippen LogP contribution in [0, 0.1) is 0 Å². The molecule has 1 aliphatic rings. The molecule has 0 atom stereocenters. The summed E-state index contributed by atoms with van der Waals surface area (Å²) in [6, 6.07) is 3.24. The second-order valence-electron chi connectivity index (χ2n) is 4.22. The second-order valence-corrected chi connectivity index (χ2v) is 4.22. The van der Waals surface area contributed by atoms with Gasteiger partial charge in [-0.2, -0.15) is 0 Å². The SMILES string of the molecule is O=C(c1ccco1)c1[nH]c2c([n+]1O)CCCC2. The Morgan fingerprint density at radius 2 is 2.24 bits per heavy atom. The number of imidazole rings is 1. The average molecular weight is 233 g/mol. The molecule has 2 aromatic rings. The van der Waals surface area contributed by atoms with E-state index in [2.05, 4.69) is 4.98 Å². The molecular weight excluding hydrogens is 220 g/mol. The number of hydrogen-bond acceptors (Lipinski definition) is 3. The molecule has 5 heteroatoms. The van der Waals surface area contributed by atoms with Gasteiger partial charge in [0.1, 0.15) is 5.69 Å². The molecule has 0 bridgehead atoms. The zero-order chi connectivity index (χ0) is 11.8. The van der Waals surface area contributed by atoms with Gasteiger partial charge in [0.25, 0.3) is 0 Å². The van der Waals surface area contributed by atoms with Crippen LogP contribution in [0.5, 0.6) is 0 Å². The molecule has 88 valence electrons. The highest BCUT2D eigenvalue weighted by Crippen LogP contribution is 2.18. The largest absolute Gasteiger partial charge is 0.461 e. The highest BCUT2D eigenvalue weighted by atomic mass is 16.5. The summed E-state index contributed by atoms with van der Waals surface area (Å²) in [7, 11) is 0. The number of nitrogens with one attached hydrogen (secondary N) is 1. The summed E-state index contributed by atoms with van der Waals surface area (Å²) >= 11 is 0. The van der Waals surface area contributed by atoms with Crippen LogP contribution in [0.2, 0.25) is 0 Å². The minimum absolute atomic E-state index is 0.173. The zero-order valence-electron chi connectivity index (χ0n) is 9.27. The molecular formula is C12H13N2O3+. The van der Waals surface area contributed by atoms with Crippen LogP contribution in [0.25, 0.3) is 0 Å². The van der Waals surface area contributed by atoms with Crippen molar-refractivity contribution in [3.63, 3.8) is 0 Å². The van der Waals surface area contributed by atoms with Gasteiger partial charge in [0.15, 0.2) is 11.5 Å². The predicted molar refractivity (Wildman–Crippen MR) is 57.0 cm³/mol. The van der Waals surface area contributed by atoms with Crippen LogP contribution in [-0.2, 0) is 12.8 Å². The first kappa shape index (κ1) is 10.1. The Morgan fingerprint density at radius 1 is 1.41 bits per heavy atom. The number of fused-ring (bicyclic) bond motifs is 1. The summed E-state index contributed by atoms with van der Waals surface area (Å²) in [6.45, 7) is 0. The van der Waals surface area contributed by atoms with E-state index < -0.39 is 0 Å². The highest BCUT2D eigenvalue weighted by molar-refractivity contribution is 6.03. The summed E-state index contributed by atoms with van der Waals surface area (Å²) in [6.07, 6.45) is 5.24. The number of H-pyrrole nitrogens is 1. The molecule has 5 nitrogen and oxygen atoms in total. The molecule has 0 saturated carbocycles. The van der Waals surface area contributed by atoms with Crippen molar-refractivity contribution in [2.45, 2.75) is 25.7 Å². The number of nitrogens with zero attached hydrogens (tertiary/aromatic N) is 1. The normalized spacial score (nSPS) is 14.6. The molecule has 3 rings (SSSR count). The maximum absolute atomic E-state index is 12.0. The Balaban J connectivity index is 2.04. The van der Waals surface area contributed by atoms with Gasteiger partial charge >= 0.3 is 11.6 Å². The van der Waals surface area contributed by atoms with E-state index in [-0.39, 0.29) is 17.4 Å². The molecule has 2 aromatic heterocycles. The van der Waals surface area contributed by atoms with Crippen LogP contribution in [0.1, 0.15) is 40.6 Å². The standard InChI is InChI=1S/C12H12N2O3/c15-11(10-6-3-7-17-10)12-13-8-4-1-2-5-9(8)14(12)16/h3,6-7,16H,1-2,4-5H2/p+1. The number of aromatic nitrogens is 2. The molecule has 0 amide bonds. The lowest BCUT2D eigenvalue weighted by Gasteiger charge is -2.04. The lowest BCUT2D eigenvalue weighted by Crippen LogP contribution is -2.40. The fourth-order valence-corrected chi connectivity index (χ4v) is 2.27. The van der Waals surface area contributed by atoms with Gasteiger partial charge in [0, 0.05) is 12.8 Å². The molecule has 0 aromatic carbocycles. The first-order chi connectivity index (χ1) is 8.27. The third-order valence-corrected chi connectivity index (χ3v) is 3.14. The number of aromatic amines is 1. The minimum Gasteiger partial charge on any atom is -0.461 e. The Kier molecular flexibility index (Phi) is 2.24. The topological polar surface area (TPSA) is 70.1 Å². The molecule has 2 heterocycles. The van der Waals surface area contributed by atoms with Crippen molar-refractivity contribution in [1.29, 1.82) is 0 Å². The van der Waals surface area contributed by atoms with Crippen LogP contribution in [0.15, 0.2) is 22.8 Å². The van der Waals surface area contributed by atoms with E-state index in [9.17, 15) is 10.0 Å². The smallest absolute Gasteiger partial charge is 0.371 e. The number of carbonyl (C=O) groups is 1. The van der Waals surface area contributed by atoms with E-state index in [1.807, 2.05) is 0 Å². The van der Waals surface area contributed by atoms with Crippen molar-refractivity contribution >= 4 is 5.78 Å². The first-order valence-electron chi connectivity index (χ1n) is 5.70. The van der Waals surface area contributed by atoms with Gasteiger partial charge in [-0.1, -0.05) is 0 Å². The van der Waals surface area contributed by atoms with E-state index in [1.165, 1.54) is 6.26 Å². The molecule has 0 unspecified atom stereocenters. The number of hydrogen-bond donors (Lipinski definition) is 2. The number of ketones is 1. The van der Waals surface area contributed by atoms with Crippen molar-refractivity contribution in [2.75, 3.05) is 0 Å². The molecule has 0 fully saturated rings. The van der Waals surface area contributed by atoms with Crippen molar-refractivity contribution in [1.82, 2.24) is 4.98 Å². The van der Waals surface area contributed by atoms with E-state index in [1.54, 1.807) is 12.1 Å². The summed E-state index contributed by atoms with van der Waals surface area (Å²) in [5, 5.41) is 9.97. The van der Waals surface area contributed by atoms with E-state index >= 15 is 0 Å². The summed E-state index contributed by atoms with van der Waals surface area (Å²) in [4.78, 5) is 15.0. The van der Waals surface area contributed by atoms with Crippen LogP contribution in [-0.4, -0.2) is 16.0 Å². The lowest BCUT2D eigenvalue weighted by atomic mass is 10.0. The van der Waals surface area contributed by atoms with Crippen LogP contribution < -0.4 is 4.73 Å². The van der Waals surface area contributed by atoms with Gasteiger partial charge in [-0.15, -0.1) is 0 Å². The Labute approximate surface area is 97.7 Å². The fraction of sp³-hybridized carbons (Fsp3) is 0.333. The molecule has 0 radical (unpaired) electrons. The fourth-order valence-electron chi connectivity index (χ4n) is 2.27. The van der Waals surface area contributed by atoms with Gasteiger partial charge in [0.2, 0.25) is 0 Å². The molecule has 0 aliphatic heterocycles. The van der Waals surface area contributed by atoms with Crippen molar-refractivity contribution < 1.29 is 19.1 Å². The van der Waals surface area contributed by atoms with Gasteiger partial charge in [-0.25, -0.2) is 4.98 Å². The average Bonchev–Trinajstić information content (AvgIpc) is 2.97. The highest BCUT2D eigenvalue weighted by Gasteiger charge is 2.32. The van der Waals surface area contributed by atoms with Crippen molar-refractivity contribution in [2.24, 2.45) is 0 Å². The maximum atomic E-state index is 12.0. The molecule has 1 aliphatic carbocycles. The molecule has 2 N–H and O–H groups in total. The van der Waals surface area contributed by atoms with Gasteiger partial charge in [-0.05, 0) is 29.7 Å². The van der Waals surface area contributed by atoms with E-state index in [4.69, 9.17) is 4.42 Å². The van der Waals surface area contributed by atoms with Crippen molar-refractivity contribution in [3.05, 3.63) is 41.4 Å². The summed E-state index contributed by atoms with van der Waals surface area (Å²) < 4.78 is 6.01. The van der Waals surface area contributed by atoms with E-state index in [0.29, 0.717) is 0 Å². The zero-order valence-corrected chi connectivity index (χ0v) is 9.27. The first-order valence-corrected chi connectivity index (χ1v) is 5.70. The second kappa shape index (κ2) is 3.76. The van der Waals surface area contributed by atoms with Crippen molar-refractivity contribution in [3.8, 4) is 0 Å². The Morgan fingerprint density at radius 3 is 2.94 bits per heavy atom. The number of furan rings is 1. The van der Waals surface area contributed by atoms with Gasteiger partial charge < -0.3 is 9.62 Å². The molecule has 0 spiro atoms. The summed E-state index contributed by atoms with van der Waals surface area (Å²) in [5.41, 5.74) is 1.76. The maximum Gasteiger partial charge on any atom is 0.371 e. The molecule has 0 saturated heterocycles. The lowest BCUT2D eigenvalue weighted by molar-refractivity contribution is -0.909. The van der Waals surface area contributed by atoms with Gasteiger partial charge in [-0.3, -0.25) is 4.79 Å². The monoisotopic (exact) mass is 233 g/mol. The third-order valence-electron chi connectivity index (χ3n) is 3.14. The van der Waals surface area contributed by atoms with Crippen LogP contribution in [0.4, 0.5) is 0 Å². The number of carbonyl (C=O) groups excluding carboxylic acids is 1. The quantitative estimate of drug-likeness (QED) is 0.466. The Hall–Kier alpha value is -2.04. The summed E-state index contributed by atoms with van der Waals surface area (Å²) in [5.74, 6) is 0.0742. The Bertz CT molecular complexity index is 555. The molecule has 17 heavy (non-hydrogen) atoms. The van der Waals surface area contributed by atoms with E-state index in [0.717, 1.165) is 41.8 Å². The number of rotatable bonds is 2. The minimum atomic E-state index is -0.327.